The number of rotatable bonds is 8. The molecule has 1 saturated heterocycles. The number of hydrazine groups is 1. The van der Waals surface area contributed by atoms with Crippen LogP contribution in [0.25, 0.3) is 31.7 Å². The molecular formula is C37H36N4O5S. The second-order valence-corrected chi connectivity index (χ2v) is 12.5. The number of carbonyl (C=O) groups excluding carboxylic acids is 3. The standard InChI is InChI=1S/C37H36N4O5S/c1-41-19-17-25(18-20-41)38-36(43)29-15-13-24(21-31(29)46-3)35(42)39-40-37(44)28-12-8-7-11-27(28)34-33(23-9-5-4-6-10-23)30-16-14-26(45-2)22-32(30)47-34/h4-16,21-22,25H,17-20H2,1-3H3,(H,38,43)(H,39,42)(H,40,44). The summed E-state index contributed by atoms with van der Waals surface area (Å²) in [4.78, 5) is 42.9. The van der Waals surface area contributed by atoms with Crippen molar-refractivity contribution in [2.24, 2.45) is 0 Å². The molecule has 1 aliphatic heterocycles. The monoisotopic (exact) mass is 648 g/mol. The number of hydrogen-bond acceptors (Lipinski definition) is 7. The first-order valence-corrected chi connectivity index (χ1v) is 16.2. The summed E-state index contributed by atoms with van der Waals surface area (Å²) in [5.74, 6) is -0.238. The lowest BCUT2D eigenvalue weighted by Gasteiger charge is -2.29. The molecule has 0 atom stereocenters. The number of carbonyl (C=O) groups is 3. The van der Waals surface area contributed by atoms with E-state index in [1.165, 1.54) is 13.2 Å². The minimum Gasteiger partial charge on any atom is -0.497 e. The number of amides is 3. The molecule has 3 N–H and O–H groups in total. The smallest absolute Gasteiger partial charge is 0.270 e. The van der Waals surface area contributed by atoms with Crippen LogP contribution in [0.2, 0.25) is 0 Å². The Bertz CT molecular complexity index is 1930. The van der Waals surface area contributed by atoms with E-state index in [1.807, 2.05) is 48.5 Å². The maximum atomic E-state index is 13.6. The van der Waals surface area contributed by atoms with Crippen molar-refractivity contribution < 1.29 is 23.9 Å². The quantitative estimate of drug-likeness (QED) is 0.174. The largest absolute Gasteiger partial charge is 0.497 e. The van der Waals surface area contributed by atoms with Gasteiger partial charge in [-0.3, -0.25) is 25.2 Å². The Balaban J connectivity index is 1.22. The first-order chi connectivity index (χ1) is 22.9. The lowest BCUT2D eigenvalue weighted by Crippen LogP contribution is -2.43. The van der Waals surface area contributed by atoms with Gasteiger partial charge in [0.25, 0.3) is 17.7 Å². The van der Waals surface area contributed by atoms with E-state index in [-0.39, 0.29) is 23.3 Å². The van der Waals surface area contributed by atoms with Crippen molar-refractivity contribution in [2.75, 3.05) is 34.4 Å². The SMILES string of the molecule is COc1ccc2c(-c3ccccc3)c(-c3ccccc3C(=O)NNC(=O)c3ccc(C(=O)NC4CCN(C)CC4)c(OC)c3)sc2c1. The summed E-state index contributed by atoms with van der Waals surface area (Å²) in [6.45, 7) is 1.84. The minimum atomic E-state index is -0.546. The summed E-state index contributed by atoms with van der Waals surface area (Å²) in [5.41, 5.74) is 8.86. The van der Waals surface area contributed by atoms with Crippen molar-refractivity contribution in [3.8, 4) is 33.1 Å². The number of fused-ring (bicyclic) bond motifs is 1. The van der Waals surface area contributed by atoms with Crippen LogP contribution in [-0.2, 0) is 0 Å². The highest BCUT2D eigenvalue weighted by atomic mass is 32.1. The highest BCUT2D eigenvalue weighted by Gasteiger charge is 2.23. The Labute approximate surface area is 277 Å². The second kappa shape index (κ2) is 14.1. The second-order valence-electron chi connectivity index (χ2n) is 11.5. The molecule has 2 heterocycles. The van der Waals surface area contributed by atoms with E-state index in [4.69, 9.17) is 9.47 Å². The summed E-state index contributed by atoms with van der Waals surface area (Å²) in [7, 11) is 5.16. The maximum absolute atomic E-state index is 13.6. The van der Waals surface area contributed by atoms with Crippen molar-refractivity contribution in [1.82, 2.24) is 21.1 Å². The van der Waals surface area contributed by atoms with Crippen LogP contribution in [-0.4, -0.2) is 63.0 Å². The molecule has 9 nitrogen and oxygen atoms in total. The molecular weight excluding hydrogens is 612 g/mol. The number of methoxy groups -OCH3 is 2. The summed E-state index contributed by atoms with van der Waals surface area (Å²) < 4.78 is 12.0. The number of benzene rings is 4. The van der Waals surface area contributed by atoms with Gasteiger partial charge in [0.2, 0.25) is 0 Å². The molecule has 6 rings (SSSR count). The minimum absolute atomic E-state index is 0.0867. The van der Waals surface area contributed by atoms with E-state index in [0.717, 1.165) is 63.3 Å². The van der Waals surface area contributed by atoms with Gasteiger partial charge in [0.05, 0.1) is 19.8 Å². The zero-order chi connectivity index (χ0) is 32.9. The summed E-state index contributed by atoms with van der Waals surface area (Å²) >= 11 is 1.58. The van der Waals surface area contributed by atoms with Gasteiger partial charge in [-0.25, -0.2) is 0 Å². The Hall–Kier alpha value is -5.19. The van der Waals surface area contributed by atoms with Crippen LogP contribution >= 0.6 is 11.3 Å². The molecule has 1 aliphatic rings. The van der Waals surface area contributed by atoms with E-state index in [2.05, 4.69) is 40.2 Å². The number of hydrogen-bond donors (Lipinski definition) is 3. The Morgan fingerprint density at radius 3 is 2.23 bits per heavy atom. The lowest BCUT2D eigenvalue weighted by molar-refractivity contribution is 0.0846. The maximum Gasteiger partial charge on any atom is 0.270 e. The third kappa shape index (κ3) is 6.84. The van der Waals surface area contributed by atoms with Crippen molar-refractivity contribution in [3.05, 3.63) is 108 Å². The average Bonchev–Trinajstić information content (AvgIpc) is 3.50. The molecule has 47 heavy (non-hydrogen) atoms. The number of nitrogens with zero attached hydrogens (tertiary/aromatic N) is 1. The van der Waals surface area contributed by atoms with Crippen LogP contribution in [0.3, 0.4) is 0 Å². The van der Waals surface area contributed by atoms with Crippen LogP contribution in [0.15, 0.2) is 91.0 Å². The first kappa shape index (κ1) is 31.8. The molecule has 240 valence electrons. The molecule has 3 amide bonds. The fourth-order valence-corrected chi connectivity index (χ4v) is 7.15. The number of likely N-dealkylation sites (tertiary alicyclic amines) is 1. The molecule has 0 unspecified atom stereocenters. The number of thiophene rings is 1. The van der Waals surface area contributed by atoms with Crippen molar-refractivity contribution in [3.63, 3.8) is 0 Å². The van der Waals surface area contributed by atoms with Gasteiger partial charge < -0.3 is 19.7 Å². The Morgan fingerprint density at radius 1 is 0.766 bits per heavy atom. The fourth-order valence-electron chi connectivity index (χ4n) is 5.85. The Morgan fingerprint density at radius 2 is 1.49 bits per heavy atom. The number of piperidine rings is 1. The molecule has 0 saturated carbocycles. The first-order valence-electron chi connectivity index (χ1n) is 15.4. The van der Waals surface area contributed by atoms with Gasteiger partial charge in [0.15, 0.2) is 0 Å². The molecule has 0 aliphatic carbocycles. The molecule has 10 heteroatoms. The fraction of sp³-hybridized carbons (Fsp3) is 0.216. The van der Waals surface area contributed by atoms with Gasteiger partial charge in [0, 0.05) is 43.3 Å². The molecule has 0 radical (unpaired) electrons. The van der Waals surface area contributed by atoms with Crippen LogP contribution < -0.4 is 25.6 Å². The Kier molecular flexibility index (Phi) is 9.51. The van der Waals surface area contributed by atoms with Gasteiger partial charge in [-0.2, -0.15) is 0 Å². The zero-order valence-electron chi connectivity index (χ0n) is 26.5. The van der Waals surface area contributed by atoms with Crippen molar-refractivity contribution >= 4 is 39.1 Å². The number of nitrogens with one attached hydrogen (secondary N) is 3. The summed E-state index contributed by atoms with van der Waals surface area (Å²) in [6.07, 6.45) is 1.75. The van der Waals surface area contributed by atoms with Gasteiger partial charge in [-0.15, -0.1) is 11.3 Å². The normalized spacial score (nSPS) is 13.6. The van der Waals surface area contributed by atoms with Crippen LogP contribution in [0.5, 0.6) is 11.5 Å². The predicted octanol–water partition coefficient (Wildman–Crippen LogP) is 6.15. The highest BCUT2D eigenvalue weighted by Crippen LogP contribution is 2.46. The molecule has 0 bridgehead atoms. The van der Waals surface area contributed by atoms with Gasteiger partial charge in [-0.1, -0.05) is 48.5 Å². The molecule has 5 aromatic rings. The lowest BCUT2D eigenvalue weighted by atomic mass is 9.96. The topological polar surface area (TPSA) is 109 Å². The third-order valence-electron chi connectivity index (χ3n) is 8.43. The van der Waals surface area contributed by atoms with Gasteiger partial charge in [0.1, 0.15) is 11.5 Å². The molecule has 4 aromatic carbocycles. The highest BCUT2D eigenvalue weighted by molar-refractivity contribution is 7.23. The van der Waals surface area contributed by atoms with Gasteiger partial charge in [-0.05, 0) is 81.0 Å². The average molecular weight is 649 g/mol. The molecule has 0 spiro atoms. The van der Waals surface area contributed by atoms with E-state index >= 15 is 0 Å². The number of ether oxygens (including phenoxy) is 2. The summed E-state index contributed by atoms with van der Waals surface area (Å²) in [5, 5.41) is 4.13. The third-order valence-corrected chi connectivity index (χ3v) is 9.61. The summed E-state index contributed by atoms with van der Waals surface area (Å²) in [6, 6.07) is 28.0. The van der Waals surface area contributed by atoms with Crippen molar-refractivity contribution in [1.29, 1.82) is 0 Å². The predicted molar refractivity (Wildman–Crippen MR) is 185 cm³/mol. The zero-order valence-corrected chi connectivity index (χ0v) is 27.3. The van der Waals surface area contributed by atoms with Gasteiger partial charge >= 0.3 is 0 Å². The molecule has 1 fully saturated rings. The van der Waals surface area contributed by atoms with Crippen LogP contribution in [0, 0.1) is 0 Å². The van der Waals surface area contributed by atoms with E-state index in [1.54, 1.807) is 42.7 Å². The van der Waals surface area contributed by atoms with E-state index in [0.29, 0.717) is 11.1 Å². The van der Waals surface area contributed by atoms with E-state index in [9.17, 15) is 14.4 Å². The van der Waals surface area contributed by atoms with Crippen LogP contribution in [0.4, 0.5) is 0 Å². The molecule has 1 aromatic heterocycles. The van der Waals surface area contributed by atoms with E-state index < -0.39 is 11.8 Å². The van der Waals surface area contributed by atoms with Crippen molar-refractivity contribution in [2.45, 2.75) is 18.9 Å². The van der Waals surface area contributed by atoms with Crippen LogP contribution in [0.1, 0.15) is 43.9 Å².